The number of fused-ring (bicyclic) bond motifs is 1. The van der Waals surface area contributed by atoms with Gasteiger partial charge in [-0.15, -0.1) is 11.3 Å². The van der Waals surface area contributed by atoms with Crippen LogP contribution in [0.1, 0.15) is 29.5 Å². The lowest BCUT2D eigenvalue weighted by Crippen LogP contribution is -2.30. The fourth-order valence-corrected chi connectivity index (χ4v) is 6.16. The topological polar surface area (TPSA) is 50.3 Å². The first kappa shape index (κ1) is 18.4. The molecule has 0 saturated carbocycles. The predicted molar refractivity (Wildman–Crippen MR) is 96.9 cm³/mol. The highest BCUT2D eigenvalue weighted by molar-refractivity contribution is 7.89. The average molecular weight is 412 g/mol. The molecule has 4 rings (SSSR count). The van der Waals surface area contributed by atoms with Crippen LogP contribution in [0, 0.1) is 0 Å². The minimum absolute atomic E-state index is 0.263. The molecular formula is C18H15F3N2O2S2. The van der Waals surface area contributed by atoms with Crippen molar-refractivity contribution in [3.63, 3.8) is 0 Å². The zero-order valence-electron chi connectivity index (χ0n) is 14.0. The highest BCUT2D eigenvalue weighted by Crippen LogP contribution is 2.40. The van der Waals surface area contributed by atoms with Gasteiger partial charge in [0.2, 0.25) is 10.0 Å². The molecule has 2 aromatic carbocycles. The second kappa shape index (κ2) is 6.57. The molecule has 1 saturated heterocycles. The molecule has 9 heteroatoms. The summed E-state index contributed by atoms with van der Waals surface area (Å²) < 4.78 is 67.3. The van der Waals surface area contributed by atoms with E-state index in [2.05, 4.69) is 4.98 Å². The molecule has 4 nitrogen and oxygen atoms in total. The van der Waals surface area contributed by atoms with Crippen LogP contribution in [0.25, 0.3) is 10.2 Å². The summed E-state index contributed by atoms with van der Waals surface area (Å²) in [6, 6.07) is 11.0. The van der Waals surface area contributed by atoms with E-state index in [0.29, 0.717) is 23.9 Å². The van der Waals surface area contributed by atoms with E-state index in [1.165, 1.54) is 21.7 Å². The van der Waals surface area contributed by atoms with Crippen LogP contribution in [-0.4, -0.2) is 24.3 Å². The molecule has 2 heterocycles. The standard InChI is InChI=1S/C18H15F3N2O2S2/c19-18(20,21)12-5-3-6-13(11-12)27(24,25)23-10-4-8-15(23)17-22-14-7-1-2-9-16(14)26-17/h1-3,5-7,9,11,15H,4,8,10H2/t15-/m0/s1. The quantitative estimate of drug-likeness (QED) is 0.619. The minimum Gasteiger partial charge on any atom is -0.239 e. The van der Waals surface area contributed by atoms with Gasteiger partial charge in [-0.05, 0) is 43.2 Å². The van der Waals surface area contributed by atoms with Gasteiger partial charge < -0.3 is 0 Å². The highest BCUT2D eigenvalue weighted by atomic mass is 32.2. The van der Waals surface area contributed by atoms with Crippen LogP contribution in [0.5, 0.6) is 0 Å². The molecule has 0 bridgehead atoms. The van der Waals surface area contributed by atoms with Crippen LogP contribution in [-0.2, 0) is 16.2 Å². The zero-order chi connectivity index (χ0) is 19.2. The fourth-order valence-electron chi connectivity index (χ4n) is 3.28. The molecule has 3 aromatic rings. The van der Waals surface area contributed by atoms with Crippen LogP contribution in [0.4, 0.5) is 13.2 Å². The van der Waals surface area contributed by atoms with E-state index in [1.54, 1.807) is 0 Å². The Kier molecular flexibility index (Phi) is 4.48. The van der Waals surface area contributed by atoms with Gasteiger partial charge in [-0.2, -0.15) is 17.5 Å². The number of rotatable bonds is 3. The number of thiazole rings is 1. The third-order valence-corrected chi connectivity index (χ3v) is 7.61. The van der Waals surface area contributed by atoms with E-state index in [-0.39, 0.29) is 11.4 Å². The maximum Gasteiger partial charge on any atom is 0.416 e. The number of aromatic nitrogens is 1. The zero-order valence-corrected chi connectivity index (χ0v) is 15.6. The number of hydrogen-bond acceptors (Lipinski definition) is 4. The molecule has 1 aromatic heterocycles. The van der Waals surface area contributed by atoms with Crippen molar-refractivity contribution in [1.29, 1.82) is 0 Å². The van der Waals surface area contributed by atoms with E-state index in [4.69, 9.17) is 0 Å². The normalized spacial score (nSPS) is 19.0. The average Bonchev–Trinajstić information content (AvgIpc) is 3.28. The van der Waals surface area contributed by atoms with Crippen molar-refractivity contribution >= 4 is 31.6 Å². The lowest BCUT2D eigenvalue weighted by Gasteiger charge is -2.23. The summed E-state index contributed by atoms with van der Waals surface area (Å²) in [6.07, 6.45) is -3.36. The molecule has 1 fully saturated rings. The number of halogens is 3. The van der Waals surface area contributed by atoms with Crippen molar-refractivity contribution < 1.29 is 21.6 Å². The van der Waals surface area contributed by atoms with E-state index < -0.39 is 27.8 Å². The maximum absolute atomic E-state index is 13.0. The predicted octanol–water partition coefficient (Wildman–Crippen LogP) is 4.84. The largest absolute Gasteiger partial charge is 0.416 e. The Morgan fingerprint density at radius 2 is 1.89 bits per heavy atom. The smallest absolute Gasteiger partial charge is 0.239 e. The Balaban J connectivity index is 1.72. The van der Waals surface area contributed by atoms with Crippen molar-refractivity contribution in [1.82, 2.24) is 9.29 Å². The Morgan fingerprint density at radius 1 is 1.11 bits per heavy atom. The van der Waals surface area contributed by atoms with Gasteiger partial charge in [-0.25, -0.2) is 13.4 Å². The second-order valence-electron chi connectivity index (χ2n) is 6.32. The van der Waals surface area contributed by atoms with Gasteiger partial charge in [0.1, 0.15) is 5.01 Å². The first-order valence-corrected chi connectivity index (χ1v) is 10.6. The van der Waals surface area contributed by atoms with Gasteiger partial charge in [0, 0.05) is 6.54 Å². The number of benzene rings is 2. The third-order valence-electron chi connectivity index (χ3n) is 4.57. The van der Waals surface area contributed by atoms with Crippen LogP contribution < -0.4 is 0 Å². The Hall–Kier alpha value is -1.97. The molecule has 0 aliphatic carbocycles. The van der Waals surface area contributed by atoms with Crippen molar-refractivity contribution in [2.45, 2.75) is 30.0 Å². The van der Waals surface area contributed by atoms with Crippen LogP contribution in [0.2, 0.25) is 0 Å². The van der Waals surface area contributed by atoms with Crippen molar-refractivity contribution in [2.24, 2.45) is 0 Å². The van der Waals surface area contributed by atoms with Gasteiger partial charge in [0.15, 0.2) is 0 Å². The summed E-state index contributed by atoms with van der Waals surface area (Å²) in [5, 5.41) is 0.671. The number of alkyl halides is 3. The molecule has 0 unspecified atom stereocenters. The highest BCUT2D eigenvalue weighted by Gasteiger charge is 2.39. The lowest BCUT2D eigenvalue weighted by molar-refractivity contribution is -0.137. The van der Waals surface area contributed by atoms with Crippen molar-refractivity contribution in [3.05, 3.63) is 59.1 Å². The SMILES string of the molecule is O=S(=O)(c1cccc(C(F)(F)F)c1)N1CCC[C@H]1c1nc2ccccc2s1. The Morgan fingerprint density at radius 3 is 2.63 bits per heavy atom. The maximum atomic E-state index is 13.0. The minimum atomic E-state index is -4.59. The van der Waals surface area contributed by atoms with Gasteiger partial charge in [-0.1, -0.05) is 18.2 Å². The number of nitrogens with zero attached hydrogens (tertiary/aromatic N) is 2. The lowest BCUT2D eigenvalue weighted by atomic mass is 10.2. The van der Waals surface area contributed by atoms with Gasteiger partial charge in [-0.3, -0.25) is 0 Å². The Labute approximate surface area is 158 Å². The first-order chi connectivity index (χ1) is 12.8. The summed E-state index contributed by atoms with van der Waals surface area (Å²) in [7, 11) is -4.06. The first-order valence-electron chi connectivity index (χ1n) is 8.31. The molecule has 0 radical (unpaired) electrons. The molecule has 0 spiro atoms. The molecule has 1 aliphatic rings. The van der Waals surface area contributed by atoms with E-state index in [0.717, 1.165) is 22.3 Å². The van der Waals surface area contributed by atoms with E-state index >= 15 is 0 Å². The molecular weight excluding hydrogens is 397 g/mol. The monoisotopic (exact) mass is 412 g/mol. The molecule has 1 atom stereocenters. The van der Waals surface area contributed by atoms with Crippen LogP contribution in [0.15, 0.2) is 53.4 Å². The Bertz CT molecular complexity index is 1060. The van der Waals surface area contributed by atoms with Crippen LogP contribution in [0.3, 0.4) is 0 Å². The molecule has 142 valence electrons. The molecule has 0 amide bonds. The summed E-state index contributed by atoms with van der Waals surface area (Å²) >= 11 is 1.42. The van der Waals surface area contributed by atoms with Crippen LogP contribution >= 0.6 is 11.3 Å². The summed E-state index contributed by atoms with van der Waals surface area (Å²) in [5.74, 6) is 0. The fraction of sp³-hybridized carbons (Fsp3) is 0.278. The van der Waals surface area contributed by atoms with Gasteiger partial charge in [0.05, 0.1) is 26.7 Å². The third kappa shape index (κ3) is 3.35. The van der Waals surface area contributed by atoms with E-state index in [9.17, 15) is 21.6 Å². The van der Waals surface area contributed by atoms with Gasteiger partial charge >= 0.3 is 6.18 Å². The second-order valence-corrected chi connectivity index (χ2v) is 9.27. The molecule has 1 aliphatic heterocycles. The van der Waals surface area contributed by atoms with Gasteiger partial charge in [0.25, 0.3) is 0 Å². The summed E-state index contributed by atoms with van der Waals surface area (Å²) in [6.45, 7) is 0.263. The van der Waals surface area contributed by atoms with Crippen molar-refractivity contribution in [3.8, 4) is 0 Å². The summed E-state index contributed by atoms with van der Waals surface area (Å²) in [4.78, 5) is 4.20. The molecule has 27 heavy (non-hydrogen) atoms. The number of sulfonamides is 1. The number of para-hydroxylation sites is 1. The summed E-state index contributed by atoms with van der Waals surface area (Å²) in [5.41, 5.74) is -0.180. The van der Waals surface area contributed by atoms with E-state index in [1.807, 2.05) is 24.3 Å². The molecule has 0 N–H and O–H groups in total. The van der Waals surface area contributed by atoms with Crippen molar-refractivity contribution in [2.75, 3.05) is 6.54 Å². The number of hydrogen-bond donors (Lipinski definition) is 0.